The summed E-state index contributed by atoms with van der Waals surface area (Å²) in [5, 5.41) is 11.6. The average Bonchev–Trinajstić information content (AvgIpc) is 2.73. The zero-order chi connectivity index (χ0) is 20.3. The molecule has 28 heavy (non-hydrogen) atoms. The molecule has 3 aromatic carbocycles. The fourth-order valence-electron chi connectivity index (χ4n) is 2.82. The van der Waals surface area contributed by atoms with E-state index in [1.807, 2.05) is 0 Å². The van der Waals surface area contributed by atoms with Crippen LogP contribution in [0.15, 0.2) is 72.8 Å². The molecule has 0 aromatic heterocycles. The number of hydroxylamine groups is 2. The van der Waals surface area contributed by atoms with E-state index >= 15 is 0 Å². The Morgan fingerprint density at radius 1 is 0.857 bits per heavy atom. The van der Waals surface area contributed by atoms with E-state index in [1.165, 1.54) is 0 Å². The minimum atomic E-state index is -0.522. The number of carbonyl (C=O) groups excluding carboxylic acids is 2. The van der Waals surface area contributed by atoms with Crippen molar-refractivity contribution in [2.24, 2.45) is 5.73 Å². The molecule has 3 N–H and O–H groups in total. The van der Waals surface area contributed by atoms with Crippen molar-refractivity contribution in [3.63, 3.8) is 0 Å². The summed E-state index contributed by atoms with van der Waals surface area (Å²) in [7, 11) is 0. The Morgan fingerprint density at radius 3 is 1.79 bits per heavy atom. The van der Waals surface area contributed by atoms with Crippen molar-refractivity contribution in [2.45, 2.75) is 13.0 Å². The highest BCUT2D eigenvalue weighted by atomic mass is 35.5. The van der Waals surface area contributed by atoms with E-state index in [0.29, 0.717) is 21.2 Å². The lowest BCUT2D eigenvalue weighted by Crippen LogP contribution is -2.30. The lowest BCUT2D eigenvalue weighted by molar-refractivity contribution is -0.0854. The zero-order valence-corrected chi connectivity index (χ0v) is 15.9. The molecular weight excluding hydrogens is 376 g/mol. The first-order chi connectivity index (χ1) is 13.4. The monoisotopic (exact) mass is 394 g/mol. The van der Waals surface area contributed by atoms with Crippen molar-refractivity contribution in [3.8, 4) is 11.1 Å². The molecule has 0 aliphatic heterocycles. The number of halogens is 1. The molecule has 2 amide bonds. The number of hydrogen-bond donors (Lipinski definition) is 2. The smallest absolute Gasteiger partial charge is 0.277 e. The number of nitrogens with two attached hydrogens (primary N) is 1. The summed E-state index contributed by atoms with van der Waals surface area (Å²) >= 11 is 5.88. The van der Waals surface area contributed by atoms with Crippen LogP contribution in [0.2, 0.25) is 5.02 Å². The van der Waals surface area contributed by atoms with Gasteiger partial charge in [0.25, 0.3) is 5.91 Å². The standard InChI is InChI=1S/C22H19ClN2O3/c1-14(15-10-12-20(23)13-11-15)25(28)22(27)19-8-4-17(5-9-19)16-2-6-18(7-3-16)21(24)26/h2-14,28H,1H3,(H2,24,26)/t14-/m1/s1. The van der Waals surface area contributed by atoms with Gasteiger partial charge in [-0.3, -0.25) is 14.8 Å². The molecule has 0 saturated carbocycles. The minimum absolute atomic E-state index is 0.362. The summed E-state index contributed by atoms with van der Waals surface area (Å²) in [6.07, 6.45) is 0. The zero-order valence-electron chi connectivity index (χ0n) is 15.2. The lowest BCUT2D eigenvalue weighted by atomic mass is 10.0. The maximum Gasteiger partial charge on any atom is 0.277 e. The van der Waals surface area contributed by atoms with Gasteiger partial charge in [-0.2, -0.15) is 0 Å². The van der Waals surface area contributed by atoms with Crippen LogP contribution in [-0.2, 0) is 0 Å². The molecule has 0 heterocycles. The van der Waals surface area contributed by atoms with Gasteiger partial charge in [0.05, 0.1) is 6.04 Å². The highest BCUT2D eigenvalue weighted by molar-refractivity contribution is 6.30. The maximum absolute atomic E-state index is 12.6. The number of nitrogens with zero attached hydrogens (tertiary/aromatic N) is 1. The summed E-state index contributed by atoms with van der Waals surface area (Å²) in [5.74, 6) is -0.983. The van der Waals surface area contributed by atoms with Gasteiger partial charge in [-0.25, -0.2) is 5.06 Å². The van der Waals surface area contributed by atoms with Gasteiger partial charge in [-0.1, -0.05) is 48.0 Å². The van der Waals surface area contributed by atoms with E-state index in [9.17, 15) is 14.8 Å². The molecule has 0 radical (unpaired) electrons. The summed E-state index contributed by atoms with van der Waals surface area (Å²) in [6, 6.07) is 20.2. The van der Waals surface area contributed by atoms with Crippen molar-refractivity contribution < 1.29 is 14.8 Å². The summed E-state index contributed by atoms with van der Waals surface area (Å²) in [6.45, 7) is 1.73. The van der Waals surface area contributed by atoms with Gasteiger partial charge in [-0.05, 0) is 60.0 Å². The van der Waals surface area contributed by atoms with Crippen LogP contribution in [0.4, 0.5) is 0 Å². The van der Waals surface area contributed by atoms with Crippen molar-refractivity contribution in [1.29, 1.82) is 0 Å². The van der Waals surface area contributed by atoms with Crippen LogP contribution in [0.1, 0.15) is 39.2 Å². The molecule has 0 aliphatic rings. The number of hydrogen-bond acceptors (Lipinski definition) is 3. The predicted octanol–water partition coefficient (Wildman–Crippen LogP) is 4.70. The Kier molecular flexibility index (Phi) is 5.78. The molecule has 0 bridgehead atoms. The predicted molar refractivity (Wildman–Crippen MR) is 108 cm³/mol. The fourth-order valence-corrected chi connectivity index (χ4v) is 2.95. The molecule has 0 spiro atoms. The van der Waals surface area contributed by atoms with Gasteiger partial charge < -0.3 is 5.73 Å². The first-order valence-electron chi connectivity index (χ1n) is 8.65. The highest BCUT2D eigenvalue weighted by Gasteiger charge is 2.21. The van der Waals surface area contributed by atoms with Crippen molar-refractivity contribution in [3.05, 3.63) is 94.5 Å². The van der Waals surface area contributed by atoms with E-state index in [0.717, 1.165) is 16.7 Å². The van der Waals surface area contributed by atoms with E-state index in [-0.39, 0.29) is 0 Å². The normalized spacial score (nSPS) is 11.7. The molecule has 0 unspecified atom stereocenters. The SMILES string of the molecule is C[C@H](c1ccc(Cl)cc1)N(O)C(=O)c1ccc(-c2ccc(C(N)=O)cc2)cc1. The quantitative estimate of drug-likeness (QED) is 0.486. The Morgan fingerprint density at radius 2 is 1.32 bits per heavy atom. The van der Waals surface area contributed by atoms with Crippen LogP contribution >= 0.6 is 11.6 Å². The molecule has 0 saturated heterocycles. The molecule has 6 heteroatoms. The number of primary amides is 1. The van der Waals surface area contributed by atoms with E-state index in [1.54, 1.807) is 79.7 Å². The average molecular weight is 395 g/mol. The van der Waals surface area contributed by atoms with Crippen molar-refractivity contribution in [2.75, 3.05) is 0 Å². The Bertz CT molecular complexity index is 984. The highest BCUT2D eigenvalue weighted by Crippen LogP contribution is 2.24. The largest absolute Gasteiger partial charge is 0.366 e. The Labute approximate surface area is 167 Å². The molecule has 1 atom stereocenters. The summed E-state index contributed by atoms with van der Waals surface area (Å²) < 4.78 is 0. The second-order valence-corrected chi connectivity index (χ2v) is 6.83. The molecule has 0 aliphatic carbocycles. The molecule has 3 aromatic rings. The van der Waals surface area contributed by atoms with Crippen molar-refractivity contribution in [1.82, 2.24) is 5.06 Å². The minimum Gasteiger partial charge on any atom is -0.366 e. The second-order valence-electron chi connectivity index (χ2n) is 6.40. The molecule has 3 rings (SSSR count). The van der Waals surface area contributed by atoms with Crippen LogP contribution in [0.25, 0.3) is 11.1 Å². The fraction of sp³-hybridized carbons (Fsp3) is 0.0909. The summed E-state index contributed by atoms with van der Waals surface area (Å²) in [5.41, 5.74) is 8.58. The third-order valence-electron chi connectivity index (χ3n) is 4.56. The van der Waals surface area contributed by atoms with Gasteiger partial charge in [-0.15, -0.1) is 0 Å². The van der Waals surface area contributed by atoms with E-state index < -0.39 is 17.9 Å². The van der Waals surface area contributed by atoms with Gasteiger partial charge in [0.1, 0.15) is 0 Å². The van der Waals surface area contributed by atoms with Crippen LogP contribution in [0, 0.1) is 0 Å². The Balaban J connectivity index is 1.75. The third-order valence-corrected chi connectivity index (χ3v) is 4.81. The molecule has 5 nitrogen and oxygen atoms in total. The topological polar surface area (TPSA) is 83.6 Å². The first kappa shape index (κ1) is 19.6. The maximum atomic E-state index is 12.6. The number of carbonyl (C=O) groups is 2. The number of benzene rings is 3. The summed E-state index contributed by atoms with van der Waals surface area (Å²) in [4.78, 5) is 23.7. The van der Waals surface area contributed by atoms with E-state index in [4.69, 9.17) is 17.3 Å². The van der Waals surface area contributed by atoms with E-state index in [2.05, 4.69) is 0 Å². The molecular formula is C22H19ClN2O3. The van der Waals surface area contributed by atoms with Crippen LogP contribution in [0.3, 0.4) is 0 Å². The Hall–Kier alpha value is -3.15. The lowest BCUT2D eigenvalue weighted by Gasteiger charge is -2.23. The first-order valence-corrected chi connectivity index (χ1v) is 9.03. The molecule has 142 valence electrons. The number of amides is 2. The van der Waals surface area contributed by atoms with Gasteiger partial charge in [0.15, 0.2) is 0 Å². The second kappa shape index (κ2) is 8.25. The number of rotatable bonds is 5. The van der Waals surface area contributed by atoms with Crippen molar-refractivity contribution >= 4 is 23.4 Å². The van der Waals surface area contributed by atoms with Crippen LogP contribution in [0.5, 0.6) is 0 Å². The van der Waals surface area contributed by atoms with Gasteiger partial charge >= 0.3 is 0 Å². The van der Waals surface area contributed by atoms with Gasteiger partial charge in [0, 0.05) is 16.1 Å². The van der Waals surface area contributed by atoms with Crippen LogP contribution in [-0.4, -0.2) is 22.1 Å². The van der Waals surface area contributed by atoms with Gasteiger partial charge in [0.2, 0.25) is 5.91 Å². The van der Waals surface area contributed by atoms with Crippen LogP contribution < -0.4 is 5.73 Å². The molecule has 0 fully saturated rings. The third kappa shape index (κ3) is 4.22.